The van der Waals surface area contributed by atoms with Crippen LogP contribution < -0.4 is 5.32 Å². The zero-order valence-corrected chi connectivity index (χ0v) is 12.8. The fourth-order valence-electron chi connectivity index (χ4n) is 1.76. The number of hydrogen-bond acceptors (Lipinski definition) is 2. The molecule has 1 heterocycles. The van der Waals surface area contributed by atoms with Crippen molar-refractivity contribution in [2.24, 2.45) is 7.05 Å². The van der Waals surface area contributed by atoms with Gasteiger partial charge in [-0.25, -0.2) is 0 Å². The van der Waals surface area contributed by atoms with Crippen LogP contribution in [-0.4, -0.2) is 21.9 Å². The molecule has 102 valence electrons. The molecule has 0 fully saturated rings. The highest BCUT2D eigenvalue weighted by atomic mass is 35.5. The summed E-state index contributed by atoms with van der Waals surface area (Å²) < 4.78 is 1.72. The Morgan fingerprint density at radius 1 is 1.33 bits per heavy atom. The molecule has 0 saturated heterocycles. The first-order valence-electron chi connectivity index (χ1n) is 6.39. The van der Waals surface area contributed by atoms with Crippen molar-refractivity contribution in [3.8, 4) is 0 Å². The Balaban J connectivity index is 2.37. The molecule has 4 heteroatoms. The van der Waals surface area contributed by atoms with Crippen LogP contribution in [0.1, 0.15) is 38.4 Å². The lowest BCUT2D eigenvalue weighted by Crippen LogP contribution is -2.36. The van der Waals surface area contributed by atoms with Gasteiger partial charge in [-0.05, 0) is 47.1 Å². The molecule has 0 aliphatic carbocycles. The van der Waals surface area contributed by atoms with Crippen LogP contribution in [0.25, 0.3) is 0 Å². The molecule has 0 amide bonds. The predicted molar refractivity (Wildman–Crippen MR) is 78.2 cm³/mol. The smallest absolute Gasteiger partial charge is 0.130 e. The summed E-state index contributed by atoms with van der Waals surface area (Å²) in [4.78, 5) is 0. The fraction of sp³-hybridized carbons (Fsp3) is 0.643. The molecule has 0 radical (unpaired) electrons. The number of halogens is 1. The zero-order chi connectivity index (χ0) is 13.8. The Labute approximate surface area is 115 Å². The Morgan fingerprint density at radius 3 is 2.50 bits per heavy atom. The van der Waals surface area contributed by atoms with Crippen molar-refractivity contribution in [1.82, 2.24) is 15.1 Å². The monoisotopic (exact) mass is 269 g/mol. The van der Waals surface area contributed by atoms with E-state index in [-0.39, 0.29) is 5.54 Å². The molecule has 1 N–H and O–H groups in total. The molecule has 0 aromatic carbocycles. The van der Waals surface area contributed by atoms with Gasteiger partial charge in [-0.2, -0.15) is 5.10 Å². The molecule has 1 aromatic heterocycles. The number of aromatic nitrogens is 2. The summed E-state index contributed by atoms with van der Waals surface area (Å²) in [6.07, 6.45) is 6.25. The van der Waals surface area contributed by atoms with E-state index < -0.39 is 0 Å². The van der Waals surface area contributed by atoms with Crippen LogP contribution >= 0.6 is 11.6 Å². The summed E-state index contributed by atoms with van der Waals surface area (Å²) in [6.45, 7) is 9.52. The summed E-state index contributed by atoms with van der Waals surface area (Å²) >= 11 is 6.17. The van der Waals surface area contributed by atoms with Gasteiger partial charge in [0.15, 0.2) is 0 Å². The van der Waals surface area contributed by atoms with E-state index in [0.717, 1.165) is 35.8 Å². The Morgan fingerprint density at radius 2 is 2.00 bits per heavy atom. The van der Waals surface area contributed by atoms with Crippen molar-refractivity contribution in [1.29, 1.82) is 0 Å². The van der Waals surface area contributed by atoms with Gasteiger partial charge in [0.1, 0.15) is 5.15 Å². The maximum atomic E-state index is 6.17. The molecule has 0 bridgehead atoms. The van der Waals surface area contributed by atoms with Gasteiger partial charge in [0, 0.05) is 18.2 Å². The highest BCUT2D eigenvalue weighted by Crippen LogP contribution is 2.19. The van der Waals surface area contributed by atoms with Crippen LogP contribution in [0.3, 0.4) is 0 Å². The van der Waals surface area contributed by atoms with Gasteiger partial charge in [-0.3, -0.25) is 4.68 Å². The topological polar surface area (TPSA) is 29.9 Å². The quantitative estimate of drug-likeness (QED) is 0.657. The molecular formula is C14H24ClN3. The molecule has 1 rings (SSSR count). The molecule has 0 atom stereocenters. The van der Waals surface area contributed by atoms with Gasteiger partial charge in [0.25, 0.3) is 0 Å². The van der Waals surface area contributed by atoms with Gasteiger partial charge in [0.2, 0.25) is 0 Å². The maximum absolute atomic E-state index is 6.17. The normalized spacial score (nSPS) is 12.6. The van der Waals surface area contributed by atoms with Crippen LogP contribution in [-0.2, 0) is 13.5 Å². The Bertz CT molecular complexity index is 413. The third-order valence-electron chi connectivity index (χ3n) is 2.72. The van der Waals surface area contributed by atoms with Crippen LogP contribution in [0.5, 0.6) is 0 Å². The Kier molecular flexibility index (Phi) is 5.42. The molecule has 0 aliphatic heterocycles. The summed E-state index contributed by atoms with van der Waals surface area (Å²) in [5.41, 5.74) is 2.33. The minimum absolute atomic E-state index is 0.192. The molecule has 0 aliphatic rings. The Hall–Kier alpha value is -0.800. The zero-order valence-electron chi connectivity index (χ0n) is 12.0. The third-order valence-corrected chi connectivity index (χ3v) is 3.20. The number of nitrogens with one attached hydrogen (secondary N) is 1. The van der Waals surface area contributed by atoms with Crippen molar-refractivity contribution >= 4 is 11.6 Å². The second-order valence-electron chi connectivity index (χ2n) is 5.62. The van der Waals surface area contributed by atoms with Crippen molar-refractivity contribution < 1.29 is 0 Å². The highest BCUT2D eigenvalue weighted by Gasteiger charge is 2.09. The second-order valence-corrected chi connectivity index (χ2v) is 5.98. The average Bonchev–Trinajstić information content (AvgIpc) is 2.47. The van der Waals surface area contributed by atoms with E-state index in [4.69, 9.17) is 11.6 Å². The molecule has 0 spiro atoms. The van der Waals surface area contributed by atoms with Gasteiger partial charge in [0.05, 0.1) is 5.69 Å². The van der Waals surface area contributed by atoms with Crippen LogP contribution in [0.15, 0.2) is 12.2 Å². The van der Waals surface area contributed by atoms with E-state index >= 15 is 0 Å². The average molecular weight is 270 g/mol. The lowest BCUT2D eigenvalue weighted by molar-refractivity contribution is 0.431. The number of allylic oxidation sites excluding steroid dienone is 1. The van der Waals surface area contributed by atoms with Crippen molar-refractivity contribution in [2.75, 3.05) is 6.54 Å². The number of hydrogen-bond donors (Lipinski definition) is 1. The van der Waals surface area contributed by atoms with Gasteiger partial charge in [-0.15, -0.1) is 0 Å². The lowest BCUT2D eigenvalue weighted by Gasteiger charge is -2.19. The minimum atomic E-state index is 0.192. The lowest BCUT2D eigenvalue weighted by atomic mass is 10.1. The van der Waals surface area contributed by atoms with Gasteiger partial charge >= 0.3 is 0 Å². The van der Waals surface area contributed by atoms with E-state index in [1.54, 1.807) is 4.68 Å². The molecule has 0 unspecified atom stereocenters. The van der Waals surface area contributed by atoms with Gasteiger partial charge < -0.3 is 5.32 Å². The van der Waals surface area contributed by atoms with Crippen LogP contribution in [0, 0.1) is 6.92 Å². The predicted octanol–water partition coefficient (Wildman–Crippen LogP) is 3.26. The summed E-state index contributed by atoms with van der Waals surface area (Å²) in [7, 11) is 1.87. The molecular weight excluding hydrogens is 246 g/mol. The first-order valence-corrected chi connectivity index (χ1v) is 6.77. The molecule has 3 nitrogen and oxygen atoms in total. The first-order chi connectivity index (χ1) is 8.31. The van der Waals surface area contributed by atoms with E-state index in [2.05, 4.69) is 43.3 Å². The van der Waals surface area contributed by atoms with E-state index in [9.17, 15) is 0 Å². The van der Waals surface area contributed by atoms with Crippen molar-refractivity contribution in [2.45, 2.75) is 46.1 Å². The molecule has 1 aromatic rings. The largest absolute Gasteiger partial charge is 0.312 e. The fourth-order valence-corrected chi connectivity index (χ4v) is 2.01. The third kappa shape index (κ3) is 4.83. The molecule has 18 heavy (non-hydrogen) atoms. The van der Waals surface area contributed by atoms with E-state index in [0.29, 0.717) is 0 Å². The number of nitrogens with zero attached hydrogens (tertiary/aromatic N) is 2. The first kappa shape index (κ1) is 15.3. The van der Waals surface area contributed by atoms with Crippen LogP contribution in [0.4, 0.5) is 0 Å². The van der Waals surface area contributed by atoms with Crippen molar-refractivity contribution in [3.05, 3.63) is 28.6 Å². The second kappa shape index (κ2) is 6.39. The summed E-state index contributed by atoms with van der Waals surface area (Å²) in [5, 5.41) is 8.49. The summed E-state index contributed by atoms with van der Waals surface area (Å²) in [6, 6.07) is 0. The summed E-state index contributed by atoms with van der Waals surface area (Å²) in [5.74, 6) is 0. The number of aryl methyl sites for hydroxylation is 2. The van der Waals surface area contributed by atoms with Crippen LogP contribution in [0.2, 0.25) is 5.15 Å². The van der Waals surface area contributed by atoms with E-state index in [1.807, 2.05) is 14.0 Å². The SMILES string of the molecule is Cc1nn(C)c(Cl)c1C/C=C/CCNC(C)(C)C. The molecule has 0 saturated carbocycles. The highest BCUT2D eigenvalue weighted by molar-refractivity contribution is 6.30. The van der Waals surface area contributed by atoms with Gasteiger partial charge in [-0.1, -0.05) is 23.8 Å². The standard InChI is InChI=1S/C14H24ClN3/c1-11-12(13(15)18(5)17-11)9-7-6-8-10-16-14(2,3)4/h6-7,16H,8-10H2,1-5H3/b7-6+. The van der Waals surface area contributed by atoms with Crippen molar-refractivity contribution in [3.63, 3.8) is 0 Å². The van der Waals surface area contributed by atoms with E-state index in [1.165, 1.54) is 0 Å². The maximum Gasteiger partial charge on any atom is 0.130 e. The minimum Gasteiger partial charge on any atom is -0.312 e. The number of rotatable bonds is 5.